The maximum atomic E-state index is 6.03. The fraction of sp³-hybridized carbons (Fsp3) is 0.353. The largest absolute Gasteiger partial charge is 0.381 e. The SMILES string of the molecule is CC1(Nc2ncc3[nH]c(Nc4cc(Cl)cc(Cl)c4)nc3n2)CCOCC1. The monoisotopic (exact) mass is 392 g/mol. The standard InChI is InChI=1S/C17H18Cl2N6O/c1-17(2-4-26-5-3-17)25-15-20-9-13-14(23-15)24-16(22-13)21-12-7-10(18)6-11(19)8-12/h6-9H,2-5H2,1H3,(H3,20,21,22,23,24,25). The number of hydrogen-bond donors (Lipinski definition) is 3. The van der Waals surface area contributed by atoms with E-state index in [1.165, 1.54) is 0 Å². The molecule has 1 aromatic carbocycles. The first kappa shape index (κ1) is 17.3. The van der Waals surface area contributed by atoms with Gasteiger partial charge in [-0.3, -0.25) is 0 Å². The van der Waals surface area contributed by atoms with Crippen molar-refractivity contribution in [3.8, 4) is 0 Å². The van der Waals surface area contributed by atoms with E-state index in [0.29, 0.717) is 27.6 Å². The summed E-state index contributed by atoms with van der Waals surface area (Å²) in [7, 11) is 0. The van der Waals surface area contributed by atoms with Crippen LogP contribution in [0.5, 0.6) is 0 Å². The summed E-state index contributed by atoms with van der Waals surface area (Å²) in [6, 6.07) is 5.21. The van der Waals surface area contributed by atoms with E-state index in [2.05, 4.69) is 37.5 Å². The van der Waals surface area contributed by atoms with E-state index in [4.69, 9.17) is 27.9 Å². The predicted octanol–water partition coefficient (Wildman–Crippen LogP) is 4.38. The Bertz CT molecular complexity index is 918. The van der Waals surface area contributed by atoms with Crippen LogP contribution in [0, 0.1) is 0 Å². The number of H-pyrrole nitrogens is 1. The Kier molecular flexibility index (Phi) is 4.60. The minimum Gasteiger partial charge on any atom is -0.381 e. The summed E-state index contributed by atoms with van der Waals surface area (Å²) in [6.07, 6.45) is 3.55. The Labute approximate surface area is 160 Å². The Morgan fingerprint density at radius 1 is 1.12 bits per heavy atom. The lowest BCUT2D eigenvalue weighted by Gasteiger charge is -2.34. The normalized spacial score (nSPS) is 16.6. The van der Waals surface area contributed by atoms with Crippen LogP contribution >= 0.6 is 23.2 Å². The molecule has 4 rings (SSSR count). The summed E-state index contributed by atoms with van der Waals surface area (Å²) in [5.41, 5.74) is 1.99. The Balaban J connectivity index is 1.55. The molecule has 0 unspecified atom stereocenters. The van der Waals surface area contributed by atoms with E-state index in [0.717, 1.165) is 37.3 Å². The molecule has 1 aliphatic heterocycles. The molecular formula is C17H18Cl2N6O. The van der Waals surface area contributed by atoms with Gasteiger partial charge in [-0.25, -0.2) is 4.98 Å². The quantitative estimate of drug-likeness (QED) is 0.610. The van der Waals surface area contributed by atoms with Gasteiger partial charge in [-0.1, -0.05) is 23.2 Å². The van der Waals surface area contributed by atoms with Crippen molar-refractivity contribution in [2.75, 3.05) is 23.8 Å². The molecule has 0 saturated carbocycles. The number of imidazole rings is 1. The number of aromatic nitrogens is 4. The summed E-state index contributed by atoms with van der Waals surface area (Å²) >= 11 is 12.1. The second-order valence-electron chi connectivity index (χ2n) is 6.60. The van der Waals surface area contributed by atoms with Crippen LogP contribution in [-0.4, -0.2) is 38.7 Å². The third-order valence-electron chi connectivity index (χ3n) is 4.37. The molecule has 0 aliphatic carbocycles. The van der Waals surface area contributed by atoms with Gasteiger partial charge < -0.3 is 20.4 Å². The van der Waals surface area contributed by atoms with E-state index >= 15 is 0 Å². The Hall–Kier alpha value is -2.09. The number of fused-ring (bicyclic) bond motifs is 1. The van der Waals surface area contributed by atoms with Gasteiger partial charge in [-0.05, 0) is 38.0 Å². The molecule has 0 radical (unpaired) electrons. The average molecular weight is 393 g/mol. The molecule has 1 fully saturated rings. The van der Waals surface area contributed by atoms with Gasteiger partial charge in [0.15, 0.2) is 5.65 Å². The van der Waals surface area contributed by atoms with Crippen molar-refractivity contribution in [1.82, 2.24) is 19.9 Å². The number of ether oxygens (including phenoxy) is 1. The van der Waals surface area contributed by atoms with Crippen molar-refractivity contribution in [2.45, 2.75) is 25.3 Å². The number of hydrogen-bond acceptors (Lipinski definition) is 6. The lowest BCUT2D eigenvalue weighted by atomic mass is 9.93. The highest BCUT2D eigenvalue weighted by Crippen LogP contribution is 2.26. The van der Waals surface area contributed by atoms with Crippen LogP contribution in [0.25, 0.3) is 11.2 Å². The minimum absolute atomic E-state index is 0.0686. The van der Waals surface area contributed by atoms with Gasteiger partial charge in [-0.2, -0.15) is 9.97 Å². The molecule has 1 aliphatic rings. The highest BCUT2D eigenvalue weighted by Gasteiger charge is 2.28. The molecule has 0 atom stereocenters. The number of aromatic amines is 1. The topological polar surface area (TPSA) is 87.8 Å². The Morgan fingerprint density at radius 2 is 1.85 bits per heavy atom. The smallest absolute Gasteiger partial charge is 0.225 e. The first-order chi connectivity index (χ1) is 12.5. The third kappa shape index (κ3) is 3.85. The van der Waals surface area contributed by atoms with Crippen molar-refractivity contribution in [3.63, 3.8) is 0 Å². The van der Waals surface area contributed by atoms with E-state index < -0.39 is 0 Å². The molecule has 3 heterocycles. The van der Waals surface area contributed by atoms with Gasteiger partial charge in [0.2, 0.25) is 11.9 Å². The van der Waals surface area contributed by atoms with Gasteiger partial charge in [0, 0.05) is 34.5 Å². The second-order valence-corrected chi connectivity index (χ2v) is 7.47. The van der Waals surface area contributed by atoms with Gasteiger partial charge in [0.1, 0.15) is 5.52 Å². The molecule has 0 amide bonds. The number of nitrogens with one attached hydrogen (secondary N) is 3. The molecule has 26 heavy (non-hydrogen) atoms. The summed E-state index contributed by atoms with van der Waals surface area (Å²) in [6.45, 7) is 3.64. The van der Waals surface area contributed by atoms with E-state index in [-0.39, 0.29) is 5.54 Å². The zero-order chi connectivity index (χ0) is 18.1. The van der Waals surface area contributed by atoms with Crippen molar-refractivity contribution in [3.05, 3.63) is 34.4 Å². The van der Waals surface area contributed by atoms with Crippen molar-refractivity contribution >= 4 is 51.9 Å². The molecular weight excluding hydrogens is 375 g/mol. The molecule has 3 aromatic rings. The van der Waals surface area contributed by atoms with Crippen molar-refractivity contribution < 1.29 is 4.74 Å². The number of rotatable bonds is 4. The first-order valence-corrected chi connectivity index (χ1v) is 9.07. The lowest BCUT2D eigenvalue weighted by molar-refractivity contribution is 0.0656. The fourth-order valence-corrected chi connectivity index (χ4v) is 3.43. The number of halogens is 2. The van der Waals surface area contributed by atoms with E-state index in [9.17, 15) is 0 Å². The van der Waals surface area contributed by atoms with Crippen LogP contribution in [0.2, 0.25) is 10.0 Å². The van der Waals surface area contributed by atoms with Crippen LogP contribution in [0.4, 0.5) is 17.6 Å². The zero-order valence-corrected chi connectivity index (χ0v) is 15.7. The zero-order valence-electron chi connectivity index (χ0n) is 14.1. The second kappa shape index (κ2) is 6.90. The fourth-order valence-electron chi connectivity index (χ4n) is 2.91. The van der Waals surface area contributed by atoms with Gasteiger partial charge in [-0.15, -0.1) is 0 Å². The third-order valence-corrected chi connectivity index (χ3v) is 4.81. The number of anilines is 3. The molecule has 3 N–H and O–H groups in total. The lowest BCUT2D eigenvalue weighted by Crippen LogP contribution is -2.41. The maximum Gasteiger partial charge on any atom is 0.225 e. The van der Waals surface area contributed by atoms with Crippen LogP contribution in [0.3, 0.4) is 0 Å². The number of nitrogens with zero attached hydrogens (tertiary/aromatic N) is 3. The molecule has 9 heteroatoms. The first-order valence-electron chi connectivity index (χ1n) is 8.31. The highest BCUT2D eigenvalue weighted by molar-refractivity contribution is 6.35. The predicted molar refractivity (Wildman–Crippen MR) is 104 cm³/mol. The van der Waals surface area contributed by atoms with E-state index in [1.807, 2.05) is 0 Å². The van der Waals surface area contributed by atoms with Crippen LogP contribution < -0.4 is 10.6 Å². The minimum atomic E-state index is -0.0686. The molecule has 1 saturated heterocycles. The summed E-state index contributed by atoms with van der Waals surface area (Å²) in [5.74, 6) is 1.10. The van der Waals surface area contributed by atoms with Crippen LogP contribution in [-0.2, 0) is 4.74 Å². The van der Waals surface area contributed by atoms with Crippen molar-refractivity contribution in [2.24, 2.45) is 0 Å². The summed E-state index contributed by atoms with van der Waals surface area (Å²) < 4.78 is 5.42. The van der Waals surface area contributed by atoms with Crippen LogP contribution in [0.1, 0.15) is 19.8 Å². The average Bonchev–Trinajstić information content (AvgIpc) is 2.95. The highest BCUT2D eigenvalue weighted by atomic mass is 35.5. The Morgan fingerprint density at radius 3 is 2.58 bits per heavy atom. The van der Waals surface area contributed by atoms with Crippen molar-refractivity contribution in [1.29, 1.82) is 0 Å². The van der Waals surface area contributed by atoms with E-state index in [1.54, 1.807) is 24.4 Å². The molecule has 136 valence electrons. The van der Waals surface area contributed by atoms with Gasteiger partial charge >= 0.3 is 0 Å². The van der Waals surface area contributed by atoms with Crippen LogP contribution in [0.15, 0.2) is 24.4 Å². The molecule has 0 spiro atoms. The number of benzene rings is 1. The molecule has 0 bridgehead atoms. The summed E-state index contributed by atoms with van der Waals surface area (Å²) in [4.78, 5) is 16.5. The molecule has 2 aromatic heterocycles. The molecule has 7 nitrogen and oxygen atoms in total. The maximum absolute atomic E-state index is 6.03. The van der Waals surface area contributed by atoms with Gasteiger partial charge in [0.25, 0.3) is 0 Å². The van der Waals surface area contributed by atoms with Gasteiger partial charge in [0.05, 0.1) is 6.20 Å². The summed E-state index contributed by atoms with van der Waals surface area (Å²) in [5, 5.41) is 7.65.